The largest absolute Gasteiger partial charge is 0.198 e. The molecule has 102 valence electrons. The number of hydrogen-bond donors (Lipinski definition) is 0. The van der Waals surface area contributed by atoms with Crippen molar-refractivity contribution in [3.63, 3.8) is 0 Å². The van der Waals surface area contributed by atoms with Crippen LogP contribution in [0.2, 0.25) is 10.0 Å². The van der Waals surface area contributed by atoms with Crippen LogP contribution in [0.1, 0.15) is 36.3 Å². The zero-order chi connectivity index (χ0) is 14.5. The Bertz CT molecular complexity index is 596. The zero-order valence-corrected chi connectivity index (χ0v) is 12.7. The van der Waals surface area contributed by atoms with Gasteiger partial charge in [-0.15, -0.1) is 0 Å². The smallest absolute Gasteiger partial charge is 0.0781 e. The summed E-state index contributed by atoms with van der Waals surface area (Å²) in [7, 11) is 0. The second-order valence-electron chi connectivity index (χ2n) is 4.72. The summed E-state index contributed by atoms with van der Waals surface area (Å²) in [4.78, 5) is 0. The summed E-state index contributed by atoms with van der Waals surface area (Å²) in [5.74, 6) is -0.0307. The SMILES string of the molecule is CC[C@H](c1ccc(Cl)cc1)[C@@H](C#N)c1ccc(Cl)cc1. The van der Waals surface area contributed by atoms with E-state index >= 15 is 0 Å². The van der Waals surface area contributed by atoms with E-state index in [1.165, 1.54) is 0 Å². The van der Waals surface area contributed by atoms with Crippen LogP contribution in [0, 0.1) is 11.3 Å². The summed E-state index contributed by atoms with van der Waals surface area (Å²) < 4.78 is 0. The van der Waals surface area contributed by atoms with Crippen LogP contribution in [0.25, 0.3) is 0 Å². The summed E-state index contributed by atoms with van der Waals surface area (Å²) in [5, 5.41) is 11.0. The first-order valence-electron chi connectivity index (χ1n) is 6.56. The van der Waals surface area contributed by atoms with Crippen molar-refractivity contribution in [3.8, 4) is 6.07 Å². The van der Waals surface area contributed by atoms with Crippen molar-refractivity contribution in [1.29, 1.82) is 5.26 Å². The zero-order valence-electron chi connectivity index (χ0n) is 11.2. The van der Waals surface area contributed by atoms with Gasteiger partial charge in [0.25, 0.3) is 0 Å². The topological polar surface area (TPSA) is 23.8 Å². The van der Waals surface area contributed by atoms with E-state index in [4.69, 9.17) is 23.2 Å². The number of nitrogens with zero attached hydrogens (tertiary/aromatic N) is 1. The second-order valence-corrected chi connectivity index (χ2v) is 5.60. The van der Waals surface area contributed by atoms with Crippen LogP contribution in [-0.2, 0) is 0 Å². The normalized spacial score (nSPS) is 13.5. The van der Waals surface area contributed by atoms with Gasteiger partial charge in [0.1, 0.15) is 0 Å². The third-order valence-corrected chi connectivity index (χ3v) is 4.01. The molecule has 0 radical (unpaired) electrons. The highest BCUT2D eigenvalue weighted by Crippen LogP contribution is 2.35. The van der Waals surface area contributed by atoms with Crippen LogP contribution in [0.15, 0.2) is 48.5 Å². The van der Waals surface area contributed by atoms with Gasteiger partial charge >= 0.3 is 0 Å². The van der Waals surface area contributed by atoms with E-state index in [1.54, 1.807) is 0 Å². The van der Waals surface area contributed by atoms with Gasteiger partial charge in [0.15, 0.2) is 0 Å². The van der Waals surface area contributed by atoms with Crippen LogP contribution >= 0.6 is 23.2 Å². The van der Waals surface area contributed by atoms with E-state index in [9.17, 15) is 5.26 Å². The lowest BCUT2D eigenvalue weighted by atomic mass is 9.81. The van der Waals surface area contributed by atoms with E-state index in [0.29, 0.717) is 10.0 Å². The first-order valence-corrected chi connectivity index (χ1v) is 7.31. The fourth-order valence-electron chi connectivity index (χ4n) is 2.44. The van der Waals surface area contributed by atoms with Crippen molar-refractivity contribution >= 4 is 23.2 Å². The second kappa shape index (κ2) is 6.79. The Morgan fingerprint density at radius 3 is 1.75 bits per heavy atom. The van der Waals surface area contributed by atoms with E-state index in [0.717, 1.165) is 17.5 Å². The molecule has 0 bridgehead atoms. The predicted molar refractivity (Wildman–Crippen MR) is 84.3 cm³/mol. The lowest BCUT2D eigenvalue weighted by molar-refractivity contribution is 0.607. The summed E-state index contributed by atoms with van der Waals surface area (Å²) in [5.41, 5.74) is 2.14. The Morgan fingerprint density at radius 2 is 1.35 bits per heavy atom. The quantitative estimate of drug-likeness (QED) is 0.701. The minimum Gasteiger partial charge on any atom is -0.198 e. The molecule has 0 amide bonds. The van der Waals surface area contributed by atoms with Gasteiger partial charge in [-0.1, -0.05) is 54.4 Å². The molecule has 3 heteroatoms. The van der Waals surface area contributed by atoms with Gasteiger partial charge in [-0.3, -0.25) is 0 Å². The van der Waals surface area contributed by atoms with Gasteiger partial charge in [-0.25, -0.2) is 0 Å². The maximum absolute atomic E-state index is 9.56. The molecule has 0 saturated heterocycles. The summed E-state index contributed by atoms with van der Waals surface area (Å²) in [6.45, 7) is 2.10. The molecule has 0 spiro atoms. The number of nitriles is 1. The lowest BCUT2D eigenvalue weighted by Crippen LogP contribution is -2.09. The van der Waals surface area contributed by atoms with Gasteiger partial charge in [-0.05, 0) is 41.8 Å². The van der Waals surface area contributed by atoms with E-state index in [2.05, 4.69) is 13.0 Å². The van der Waals surface area contributed by atoms with E-state index < -0.39 is 0 Å². The highest BCUT2D eigenvalue weighted by molar-refractivity contribution is 6.30. The standard InChI is InChI=1S/C17H15Cl2N/c1-2-16(12-3-7-14(18)8-4-12)17(11-20)13-5-9-15(19)10-6-13/h3-10,16-17H,2H2,1H3/t16-,17+/m1/s1. The third kappa shape index (κ3) is 3.33. The molecular weight excluding hydrogens is 289 g/mol. The minimum atomic E-state index is -0.182. The maximum Gasteiger partial charge on any atom is 0.0781 e. The number of halogens is 2. The van der Waals surface area contributed by atoms with Gasteiger partial charge in [0, 0.05) is 16.0 Å². The van der Waals surface area contributed by atoms with Crippen molar-refractivity contribution in [1.82, 2.24) is 0 Å². The van der Waals surface area contributed by atoms with Gasteiger partial charge in [0.05, 0.1) is 12.0 Å². The molecule has 2 rings (SSSR count). The molecule has 0 fully saturated rings. The van der Waals surface area contributed by atoms with Gasteiger partial charge in [-0.2, -0.15) is 5.26 Å². The summed E-state index contributed by atoms with van der Waals surface area (Å²) in [6.07, 6.45) is 0.891. The van der Waals surface area contributed by atoms with Crippen molar-refractivity contribution in [3.05, 3.63) is 69.7 Å². The van der Waals surface area contributed by atoms with Crippen molar-refractivity contribution in [2.45, 2.75) is 25.2 Å². The molecular formula is C17H15Cl2N. The maximum atomic E-state index is 9.56. The molecule has 0 aliphatic rings. The fraction of sp³-hybridized carbons (Fsp3) is 0.235. The Labute approximate surface area is 129 Å². The average molecular weight is 304 g/mol. The lowest BCUT2D eigenvalue weighted by Gasteiger charge is -2.21. The van der Waals surface area contributed by atoms with Crippen LogP contribution in [-0.4, -0.2) is 0 Å². The molecule has 2 aromatic carbocycles. The molecule has 0 N–H and O–H groups in total. The Morgan fingerprint density at radius 1 is 0.900 bits per heavy atom. The van der Waals surface area contributed by atoms with Crippen LogP contribution < -0.4 is 0 Å². The molecule has 0 aliphatic heterocycles. The number of rotatable bonds is 4. The third-order valence-electron chi connectivity index (χ3n) is 3.51. The van der Waals surface area contributed by atoms with Crippen LogP contribution in [0.3, 0.4) is 0 Å². The molecule has 0 heterocycles. The average Bonchev–Trinajstić information content (AvgIpc) is 2.47. The molecule has 2 aromatic rings. The Balaban J connectivity index is 2.35. The highest BCUT2D eigenvalue weighted by Gasteiger charge is 2.23. The molecule has 0 saturated carbocycles. The van der Waals surface area contributed by atoms with Gasteiger partial charge < -0.3 is 0 Å². The van der Waals surface area contributed by atoms with Crippen LogP contribution in [0.5, 0.6) is 0 Å². The summed E-state index contributed by atoms with van der Waals surface area (Å²) in [6, 6.07) is 17.7. The van der Waals surface area contributed by atoms with Crippen LogP contribution in [0.4, 0.5) is 0 Å². The molecule has 1 nitrogen and oxygen atoms in total. The van der Waals surface area contributed by atoms with E-state index in [1.807, 2.05) is 48.5 Å². The molecule has 20 heavy (non-hydrogen) atoms. The minimum absolute atomic E-state index is 0.151. The fourth-order valence-corrected chi connectivity index (χ4v) is 2.69. The number of benzene rings is 2. The highest BCUT2D eigenvalue weighted by atomic mass is 35.5. The number of hydrogen-bond acceptors (Lipinski definition) is 1. The summed E-state index contributed by atoms with van der Waals surface area (Å²) >= 11 is 11.8. The first kappa shape index (κ1) is 14.9. The Hall–Kier alpha value is -1.49. The molecule has 2 atom stereocenters. The van der Waals surface area contributed by atoms with Crippen molar-refractivity contribution in [2.24, 2.45) is 0 Å². The van der Waals surface area contributed by atoms with Gasteiger partial charge in [0.2, 0.25) is 0 Å². The molecule has 0 unspecified atom stereocenters. The monoisotopic (exact) mass is 303 g/mol. The van der Waals surface area contributed by atoms with Crippen molar-refractivity contribution in [2.75, 3.05) is 0 Å². The molecule has 0 aliphatic carbocycles. The Kier molecular flexibility index (Phi) is 5.06. The first-order chi connectivity index (χ1) is 9.65. The predicted octanol–water partition coefficient (Wildman–Crippen LogP) is 5.79. The van der Waals surface area contributed by atoms with E-state index in [-0.39, 0.29) is 11.8 Å². The molecule has 0 aromatic heterocycles. The van der Waals surface area contributed by atoms with Crippen molar-refractivity contribution < 1.29 is 0 Å².